The first-order valence-corrected chi connectivity index (χ1v) is 13.9. The number of hydrogen-bond acceptors (Lipinski definition) is 4. The van der Waals surface area contributed by atoms with E-state index in [2.05, 4.69) is 20.8 Å². The van der Waals surface area contributed by atoms with Gasteiger partial charge >= 0.3 is 5.97 Å². The smallest absolute Gasteiger partial charge is 0.309 e. The van der Waals surface area contributed by atoms with Crippen LogP contribution in [0.1, 0.15) is 34.1 Å². The van der Waals surface area contributed by atoms with Gasteiger partial charge in [0.05, 0.1) is 19.1 Å². The van der Waals surface area contributed by atoms with Gasteiger partial charge in [0.25, 0.3) is 8.32 Å². The zero-order valence-electron chi connectivity index (χ0n) is 19.6. The van der Waals surface area contributed by atoms with Gasteiger partial charge in [-0.1, -0.05) is 51.1 Å². The van der Waals surface area contributed by atoms with Crippen LogP contribution in [0.25, 0.3) is 11.1 Å². The van der Waals surface area contributed by atoms with E-state index in [1.807, 2.05) is 19.2 Å². The van der Waals surface area contributed by atoms with E-state index in [9.17, 15) is 4.79 Å². The lowest BCUT2D eigenvalue weighted by Crippen LogP contribution is -2.44. The number of halogens is 2. The van der Waals surface area contributed by atoms with Crippen molar-refractivity contribution < 1.29 is 27.5 Å². The number of carbonyl (C=O) groups is 1. The maximum absolute atomic E-state index is 15.3. The third kappa shape index (κ3) is 5.14. The van der Waals surface area contributed by atoms with Crippen LogP contribution in [0, 0.1) is 23.5 Å². The molecule has 0 aromatic heterocycles. The van der Waals surface area contributed by atoms with Crippen LogP contribution >= 0.6 is 0 Å². The van der Waals surface area contributed by atoms with Crippen LogP contribution in [0.3, 0.4) is 0 Å². The maximum Gasteiger partial charge on any atom is 0.309 e. The second-order valence-corrected chi connectivity index (χ2v) is 14.5. The monoisotopic (exact) mass is 462 g/mol. The van der Waals surface area contributed by atoms with Gasteiger partial charge in [-0.05, 0) is 43.1 Å². The van der Waals surface area contributed by atoms with Crippen LogP contribution in [-0.2, 0) is 9.53 Å². The number of carbonyl (C=O) groups excluding carboxylic acids is 1. The van der Waals surface area contributed by atoms with Crippen LogP contribution in [0.2, 0.25) is 18.1 Å². The van der Waals surface area contributed by atoms with Crippen LogP contribution in [0.15, 0.2) is 36.4 Å². The van der Waals surface area contributed by atoms with Gasteiger partial charge in [-0.3, -0.25) is 4.79 Å². The molecule has 7 heteroatoms. The summed E-state index contributed by atoms with van der Waals surface area (Å²) in [6.45, 7) is 12.5. The van der Waals surface area contributed by atoms with E-state index in [1.54, 1.807) is 31.2 Å². The second kappa shape index (κ2) is 9.22. The first-order chi connectivity index (χ1) is 15.0. The number of benzene rings is 2. The van der Waals surface area contributed by atoms with Gasteiger partial charge in [-0.15, -0.1) is 0 Å². The Morgan fingerprint density at radius 3 is 2.38 bits per heavy atom. The molecule has 1 fully saturated rings. The number of rotatable bonds is 8. The molecule has 2 atom stereocenters. The van der Waals surface area contributed by atoms with Crippen molar-refractivity contribution in [1.29, 1.82) is 0 Å². The van der Waals surface area contributed by atoms with Crippen molar-refractivity contribution >= 4 is 14.3 Å². The van der Waals surface area contributed by atoms with E-state index in [4.69, 9.17) is 13.9 Å². The summed E-state index contributed by atoms with van der Waals surface area (Å²) < 4.78 is 47.5. The lowest BCUT2D eigenvalue weighted by molar-refractivity contribution is -0.145. The highest BCUT2D eigenvalue weighted by Gasteiger charge is 2.45. The van der Waals surface area contributed by atoms with Crippen LogP contribution in [0.5, 0.6) is 11.5 Å². The lowest BCUT2D eigenvalue weighted by Gasteiger charge is -2.37. The van der Waals surface area contributed by atoms with Crippen LogP contribution < -0.4 is 9.16 Å². The zero-order chi connectivity index (χ0) is 23.7. The normalized spacial score (nSPS) is 18.2. The van der Waals surface area contributed by atoms with Crippen molar-refractivity contribution in [3.05, 3.63) is 48.0 Å². The molecular weight excluding hydrogens is 430 g/mol. The summed E-state index contributed by atoms with van der Waals surface area (Å²) in [5.41, 5.74) is 0.681. The lowest BCUT2D eigenvalue weighted by atomic mass is 10.0. The summed E-state index contributed by atoms with van der Waals surface area (Å²) in [7, 11) is -2.37. The molecule has 0 spiro atoms. The minimum atomic E-state index is -2.37. The molecule has 32 heavy (non-hydrogen) atoms. The van der Waals surface area contributed by atoms with E-state index >= 15 is 8.78 Å². The Bertz CT molecular complexity index is 970. The van der Waals surface area contributed by atoms with Gasteiger partial charge in [-0.2, -0.15) is 4.39 Å². The quantitative estimate of drug-likeness (QED) is 0.328. The fourth-order valence-electron chi connectivity index (χ4n) is 3.21. The number of ether oxygens (including phenoxy) is 2. The topological polar surface area (TPSA) is 44.8 Å². The first-order valence-electron chi connectivity index (χ1n) is 11.0. The molecule has 4 nitrogen and oxygen atoms in total. The van der Waals surface area contributed by atoms with E-state index in [0.717, 1.165) is 0 Å². The van der Waals surface area contributed by atoms with Crippen molar-refractivity contribution in [3.63, 3.8) is 0 Å². The van der Waals surface area contributed by atoms with Gasteiger partial charge in [0, 0.05) is 11.5 Å². The van der Waals surface area contributed by atoms with E-state index in [1.165, 1.54) is 6.07 Å². The minimum Gasteiger partial charge on any atom is -0.541 e. The summed E-state index contributed by atoms with van der Waals surface area (Å²) in [4.78, 5) is 11.9. The Labute approximate surface area is 190 Å². The Kier molecular flexibility index (Phi) is 6.98. The molecular formula is C25H32F2O4Si. The molecule has 0 heterocycles. The van der Waals surface area contributed by atoms with Crippen molar-refractivity contribution in [2.24, 2.45) is 11.8 Å². The van der Waals surface area contributed by atoms with Crippen LogP contribution in [-0.4, -0.2) is 27.5 Å². The van der Waals surface area contributed by atoms with E-state index in [-0.39, 0.29) is 46.5 Å². The Balaban J connectivity index is 1.94. The molecule has 0 radical (unpaired) electrons. The molecule has 0 amide bonds. The predicted octanol–water partition coefficient (Wildman–Crippen LogP) is 6.59. The average molecular weight is 463 g/mol. The highest BCUT2D eigenvalue weighted by atomic mass is 28.4. The predicted molar refractivity (Wildman–Crippen MR) is 123 cm³/mol. The summed E-state index contributed by atoms with van der Waals surface area (Å²) in [5, 5.41) is -0.145. The summed E-state index contributed by atoms with van der Waals surface area (Å²) in [6, 6.07) is 10.3. The third-order valence-corrected chi connectivity index (χ3v) is 10.7. The molecule has 2 aromatic rings. The Morgan fingerprint density at radius 2 is 1.78 bits per heavy atom. The molecule has 0 aliphatic heterocycles. The largest absolute Gasteiger partial charge is 0.541 e. The summed E-state index contributed by atoms with van der Waals surface area (Å²) in [5.74, 6) is -2.70. The zero-order valence-corrected chi connectivity index (χ0v) is 20.6. The first kappa shape index (κ1) is 24.2. The standard InChI is InChI=1S/C25H32F2O4Si/c1-7-29-24(28)19-13-17(19)15-30-23-20(31-32(5,6)25(2,3)4)14-18(21(26)22(23)27)16-11-9-8-10-12-16/h8-12,14,17,19H,7,13,15H2,1-6H3/t17-,19+/m0/s1. The molecule has 1 aliphatic carbocycles. The molecule has 0 N–H and O–H groups in total. The SMILES string of the molecule is CCOC(=O)[C@@H]1C[C@H]1COc1c(O[Si](C)(C)C(C)(C)C)cc(-c2ccccc2)c(F)c1F. The molecule has 2 aromatic carbocycles. The van der Waals surface area contributed by atoms with Crippen LogP contribution in [0.4, 0.5) is 8.78 Å². The Hall–Kier alpha value is -2.41. The van der Waals surface area contributed by atoms with Gasteiger partial charge in [0.2, 0.25) is 5.82 Å². The van der Waals surface area contributed by atoms with E-state index < -0.39 is 20.0 Å². The van der Waals surface area contributed by atoms with Gasteiger partial charge < -0.3 is 13.9 Å². The molecule has 0 saturated heterocycles. The molecule has 1 saturated carbocycles. The second-order valence-electron chi connectivity index (χ2n) is 9.77. The third-order valence-electron chi connectivity index (χ3n) is 6.34. The molecule has 174 valence electrons. The summed E-state index contributed by atoms with van der Waals surface area (Å²) >= 11 is 0. The average Bonchev–Trinajstić information content (AvgIpc) is 3.50. The van der Waals surface area contributed by atoms with Crippen molar-refractivity contribution in [2.45, 2.75) is 52.2 Å². The van der Waals surface area contributed by atoms with Gasteiger partial charge in [-0.25, -0.2) is 4.39 Å². The maximum atomic E-state index is 15.3. The van der Waals surface area contributed by atoms with Crippen molar-refractivity contribution in [1.82, 2.24) is 0 Å². The summed E-state index contributed by atoms with van der Waals surface area (Å²) in [6.07, 6.45) is 0.615. The highest BCUT2D eigenvalue weighted by Crippen LogP contribution is 2.45. The molecule has 3 rings (SSSR count). The van der Waals surface area contributed by atoms with Gasteiger partial charge in [0.15, 0.2) is 17.3 Å². The molecule has 0 unspecified atom stereocenters. The van der Waals surface area contributed by atoms with Crippen molar-refractivity contribution in [3.8, 4) is 22.6 Å². The molecule has 1 aliphatic rings. The highest BCUT2D eigenvalue weighted by molar-refractivity contribution is 6.74. The number of hydrogen-bond donors (Lipinski definition) is 0. The fraction of sp³-hybridized carbons (Fsp3) is 0.480. The van der Waals surface area contributed by atoms with Crippen molar-refractivity contribution in [2.75, 3.05) is 13.2 Å². The number of esters is 1. The van der Waals surface area contributed by atoms with E-state index in [0.29, 0.717) is 18.6 Å². The van der Waals surface area contributed by atoms with Gasteiger partial charge in [0.1, 0.15) is 0 Å². The Morgan fingerprint density at radius 1 is 1.12 bits per heavy atom. The minimum absolute atomic E-state index is 0.0777. The fourth-order valence-corrected chi connectivity index (χ4v) is 4.22. The molecule has 0 bridgehead atoms.